The van der Waals surface area contributed by atoms with Gasteiger partial charge >= 0.3 is 0 Å². The van der Waals surface area contributed by atoms with Gasteiger partial charge in [0.2, 0.25) is 15.9 Å². The normalized spacial score (nSPS) is 12.8. The van der Waals surface area contributed by atoms with Crippen molar-refractivity contribution in [2.24, 2.45) is 0 Å². The van der Waals surface area contributed by atoms with Crippen LogP contribution < -0.4 is 5.32 Å². The predicted octanol–water partition coefficient (Wildman–Crippen LogP) is 3.76. The Morgan fingerprint density at radius 1 is 1.07 bits per heavy atom. The minimum atomic E-state index is -3.81. The molecule has 0 fully saturated rings. The lowest BCUT2D eigenvalue weighted by Crippen LogP contribution is -2.44. The van der Waals surface area contributed by atoms with E-state index in [4.69, 9.17) is 0 Å². The van der Waals surface area contributed by atoms with Gasteiger partial charge in [-0.3, -0.25) is 4.79 Å². The Labute approximate surface area is 175 Å². The number of carbonyl (C=O) groups is 1. The summed E-state index contributed by atoms with van der Waals surface area (Å²) in [6.45, 7) is 9.51. The van der Waals surface area contributed by atoms with Crippen molar-refractivity contribution in [2.75, 3.05) is 13.1 Å². The molecule has 0 aromatic heterocycles. The van der Waals surface area contributed by atoms with Gasteiger partial charge in [-0.05, 0) is 57.2 Å². The number of sulfonamides is 1. The number of hydrogen-bond acceptors (Lipinski definition) is 3. The van der Waals surface area contributed by atoms with Crippen molar-refractivity contribution in [1.29, 1.82) is 0 Å². The zero-order chi connectivity index (χ0) is 21.6. The quantitative estimate of drug-likeness (QED) is 0.677. The van der Waals surface area contributed by atoms with Crippen LogP contribution in [0, 0.1) is 20.8 Å². The fraction of sp³-hybridized carbons (Fsp3) is 0.435. The minimum Gasteiger partial charge on any atom is -0.353 e. The van der Waals surface area contributed by atoms with Gasteiger partial charge in [0.25, 0.3) is 0 Å². The number of amides is 1. The van der Waals surface area contributed by atoms with Crippen LogP contribution in [-0.2, 0) is 21.2 Å². The van der Waals surface area contributed by atoms with Gasteiger partial charge in [-0.2, -0.15) is 4.31 Å². The predicted molar refractivity (Wildman–Crippen MR) is 117 cm³/mol. The number of aryl methyl sites for hydroxylation is 3. The van der Waals surface area contributed by atoms with Crippen LogP contribution in [0.4, 0.5) is 0 Å². The molecule has 0 bridgehead atoms. The molecule has 158 valence electrons. The molecule has 2 aromatic rings. The van der Waals surface area contributed by atoms with Crippen molar-refractivity contribution in [2.45, 2.75) is 58.4 Å². The molecular weight excluding hydrogens is 384 g/mol. The third kappa shape index (κ3) is 6.15. The Morgan fingerprint density at radius 2 is 1.66 bits per heavy atom. The molecule has 0 radical (unpaired) electrons. The van der Waals surface area contributed by atoms with Crippen LogP contribution in [0.5, 0.6) is 0 Å². The minimum absolute atomic E-state index is 0.00373. The van der Waals surface area contributed by atoms with Crippen molar-refractivity contribution in [3.05, 3.63) is 64.7 Å². The molecule has 1 amide bonds. The van der Waals surface area contributed by atoms with Crippen LogP contribution in [-0.4, -0.2) is 37.8 Å². The first-order valence-corrected chi connectivity index (χ1v) is 11.5. The third-order valence-corrected chi connectivity index (χ3v) is 7.19. The molecule has 0 saturated carbocycles. The summed E-state index contributed by atoms with van der Waals surface area (Å²) in [7, 11) is -3.81. The number of benzene rings is 2. The molecule has 29 heavy (non-hydrogen) atoms. The van der Waals surface area contributed by atoms with E-state index in [-0.39, 0.29) is 25.0 Å². The SMILES string of the molecule is CC[C@@H](C)NC(=O)CN(CCc1ccccc1)S(=O)(=O)c1c(C)cc(C)cc1C. The smallest absolute Gasteiger partial charge is 0.244 e. The molecule has 1 atom stereocenters. The van der Waals surface area contributed by atoms with Gasteiger partial charge < -0.3 is 5.32 Å². The molecule has 0 aliphatic carbocycles. The van der Waals surface area contributed by atoms with Crippen LogP contribution >= 0.6 is 0 Å². The maximum Gasteiger partial charge on any atom is 0.244 e. The van der Waals surface area contributed by atoms with Crippen LogP contribution in [0.2, 0.25) is 0 Å². The van der Waals surface area contributed by atoms with Gasteiger partial charge in [0.1, 0.15) is 0 Å². The average molecular weight is 417 g/mol. The number of nitrogens with zero attached hydrogens (tertiary/aromatic N) is 1. The molecule has 0 heterocycles. The highest BCUT2D eigenvalue weighted by molar-refractivity contribution is 7.89. The van der Waals surface area contributed by atoms with Gasteiger partial charge in [-0.25, -0.2) is 8.42 Å². The summed E-state index contributed by atoms with van der Waals surface area (Å²) in [5, 5.41) is 2.88. The van der Waals surface area contributed by atoms with Gasteiger partial charge in [-0.1, -0.05) is 55.0 Å². The molecule has 0 unspecified atom stereocenters. The van der Waals surface area contributed by atoms with Crippen LogP contribution in [0.25, 0.3) is 0 Å². The third-order valence-electron chi connectivity index (χ3n) is 5.03. The van der Waals surface area contributed by atoms with E-state index in [9.17, 15) is 13.2 Å². The van der Waals surface area contributed by atoms with Gasteiger partial charge in [0.05, 0.1) is 11.4 Å². The fourth-order valence-electron chi connectivity index (χ4n) is 3.47. The topological polar surface area (TPSA) is 66.5 Å². The number of nitrogens with one attached hydrogen (secondary N) is 1. The monoisotopic (exact) mass is 416 g/mol. The highest BCUT2D eigenvalue weighted by Crippen LogP contribution is 2.25. The van der Waals surface area contributed by atoms with E-state index in [1.807, 2.05) is 77.1 Å². The number of rotatable bonds is 9. The fourth-order valence-corrected chi connectivity index (χ4v) is 5.28. The molecule has 5 nitrogen and oxygen atoms in total. The Morgan fingerprint density at radius 3 is 2.21 bits per heavy atom. The van der Waals surface area contributed by atoms with E-state index in [2.05, 4.69) is 5.32 Å². The Hall–Kier alpha value is -2.18. The molecule has 0 spiro atoms. The largest absolute Gasteiger partial charge is 0.353 e. The Balaban J connectivity index is 2.35. The van der Waals surface area contributed by atoms with E-state index >= 15 is 0 Å². The molecule has 1 N–H and O–H groups in total. The lowest BCUT2D eigenvalue weighted by molar-refractivity contribution is -0.121. The molecular formula is C23H32N2O3S. The van der Waals surface area contributed by atoms with Crippen molar-refractivity contribution in [3.63, 3.8) is 0 Å². The average Bonchev–Trinajstić information content (AvgIpc) is 2.64. The van der Waals surface area contributed by atoms with Gasteiger partial charge in [0, 0.05) is 12.6 Å². The standard InChI is InChI=1S/C23H32N2O3S/c1-6-20(5)24-22(26)16-25(13-12-21-10-8-7-9-11-21)29(27,28)23-18(3)14-17(2)15-19(23)4/h7-11,14-15,20H,6,12-13,16H2,1-5H3,(H,24,26)/t20-/m1/s1. The molecule has 2 aromatic carbocycles. The van der Waals surface area contributed by atoms with Crippen molar-refractivity contribution >= 4 is 15.9 Å². The lowest BCUT2D eigenvalue weighted by Gasteiger charge is -2.25. The molecule has 0 saturated heterocycles. The highest BCUT2D eigenvalue weighted by atomic mass is 32.2. The summed E-state index contributed by atoms with van der Waals surface area (Å²) in [5.41, 5.74) is 3.46. The lowest BCUT2D eigenvalue weighted by atomic mass is 10.1. The molecule has 0 aliphatic heterocycles. The highest BCUT2D eigenvalue weighted by Gasteiger charge is 2.29. The van der Waals surface area contributed by atoms with Crippen molar-refractivity contribution < 1.29 is 13.2 Å². The first-order chi connectivity index (χ1) is 13.6. The Bertz CT molecular complexity index is 917. The van der Waals surface area contributed by atoms with Gasteiger partial charge in [0.15, 0.2) is 0 Å². The zero-order valence-corrected chi connectivity index (χ0v) is 18.8. The second kappa shape index (κ2) is 10.0. The zero-order valence-electron chi connectivity index (χ0n) is 18.0. The molecule has 2 rings (SSSR count). The first-order valence-electron chi connectivity index (χ1n) is 10.1. The van der Waals surface area contributed by atoms with Crippen LogP contribution in [0.3, 0.4) is 0 Å². The van der Waals surface area contributed by atoms with E-state index in [0.29, 0.717) is 22.4 Å². The number of carbonyl (C=O) groups excluding carboxylic acids is 1. The summed E-state index contributed by atoms with van der Waals surface area (Å²) >= 11 is 0. The maximum atomic E-state index is 13.5. The van der Waals surface area contributed by atoms with E-state index < -0.39 is 10.0 Å². The second-order valence-corrected chi connectivity index (χ2v) is 9.55. The first kappa shape index (κ1) is 23.1. The summed E-state index contributed by atoms with van der Waals surface area (Å²) in [5.74, 6) is -0.279. The van der Waals surface area contributed by atoms with Crippen LogP contribution in [0.1, 0.15) is 42.5 Å². The summed E-state index contributed by atoms with van der Waals surface area (Å²) < 4.78 is 28.4. The van der Waals surface area contributed by atoms with E-state index in [1.165, 1.54) is 4.31 Å². The Kier molecular flexibility index (Phi) is 7.99. The summed E-state index contributed by atoms with van der Waals surface area (Å²) in [4.78, 5) is 12.8. The van der Waals surface area contributed by atoms with Crippen LogP contribution in [0.15, 0.2) is 47.4 Å². The van der Waals surface area contributed by atoms with E-state index in [0.717, 1.165) is 17.5 Å². The maximum absolute atomic E-state index is 13.5. The van der Waals surface area contributed by atoms with Gasteiger partial charge in [-0.15, -0.1) is 0 Å². The van der Waals surface area contributed by atoms with E-state index in [1.54, 1.807) is 0 Å². The summed E-state index contributed by atoms with van der Waals surface area (Å²) in [6.07, 6.45) is 1.33. The number of hydrogen-bond donors (Lipinski definition) is 1. The van der Waals surface area contributed by atoms with Crippen molar-refractivity contribution in [3.8, 4) is 0 Å². The molecule has 0 aliphatic rings. The van der Waals surface area contributed by atoms with Crippen molar-refractivity contribution in [1.82, 2.24) is 9.62 Å². The molecule has 6 heteroatoms. The second-order valence-electron chi connectivity index (χ2n) is 7.68. The summed E-state index contributed by atoms with van der Waals surface area (Å²) in [6, 6.07) is 13.5.